The van der Waals surface area contributed by atoms with Gasteiger partial charge >= 0.3 is 0 Å². The van der Waals surface area contributed by atoms with Gasteiger partial charge in [-0.15, -0.1) is 0 Å². The molecule has 0 amide bonds. The highest BCUT2D eigenvalue weighted by atomic mass is 16.3. The van der Waals surface area contributed by atoms with E-state index in [4.69, 9.17) is 0 Å². The van der Waals surface area contributed by atoms with Gasteiger partial charge in [-0.2, -0.15) is 0 Å². The van der Waals surface area contributed by atoms with Crippen LogP contribution < -0.4 is 5.32 Å². The van der Waals surface area contributed by atoms with Crippen molar-refractivity contribution < 1.29 is 5.11 Å². The van der Waals surface area contributed by atoms with Crippen LogP contribution in [0.25, 0.3) is 0 Å². The number of rotatable bonds is 5. The number of aryl methyl sites for hydroxylation is 1. The van der Waals surface area contributed by atoms with Gasteiger partial charge in [0.1, 0.15) is 5.82 Å². The first kappa shape index (κ1) is 13.6. The number of imidazole rings is 1. The molecular formula is C14H25N3O. The molecule has 1 fully saturated rings. The molecule has 1 atom stereocenters. The van der Waals surface area contributed by atoms with Crippen LogP contribution in [-0.2, 0) is 13.6 Å². The standard InChI is InChI=1S/C14H25N3O/c1-14(11-18,12-6-4-3-5-7-12)16-10-13-15-8-9-17(13)2/h8-9,12,16,18H,3-7,10-11H2,1-2H3/t14-/m1/s1. The molecule has 0 radical (unpaired) electrons. The van der Waals surface area contributed by atoms with Crippen molar-refractivity contribution in [2.75, 3.05) is 6.61 Å². The second-order valence-electron chi connectivity index (χ2n) is 5.72. The van der Waals surface area contributed by atoms with E-state index in [1.165, 1.54) is 32.1 Å². The zero-order valence-electron chi connectivity index (χ0n) is 11.5. The van der Waals surface area contributed by atoms with Gasteiger partial charge < -0.3 is 15.0 Å². The number of hydrogen-bond acceptors (Lipinski definition) is 3. The molecule has 1 aliphatic carbocycles. The molecule has 1 heterocycles. The summed E-state index contributed by atoms with van der Waals surface area (Å²) in [6.07, 6.45) is 10.2. The van der Waals surface area contributed by atoms with Crippen molar-refractivity contribution in [3.8, 4) is 0 Å². The van der Waals surface area contributed by atoms with E-state index in [1.54, 1.807) is 0 Å². The van der Waals surface area contributed by atoms with Gasteiger partial charge in [-0.3, -0.25) is 0 Å². The fraction of sp³-hybridized carbons (Fsp3) is 0.786. The first-order valence-corrected chi connectivity index (χ1v) is 6.98. The van der Waals surface area contributed by atoms with Gasteiger partial charge in [-0.1, -0.05) is 19.3 Å². The van der Waals surface area contributed by atoms with E-state index in [-0.39, 0.29) is 12.1 Å². The Morgan fingerprint density at radius 1 is 1.44 bits per heavy atom. The van der Waals surface area contributed by atoms with Crippen molar-refractivity contribution in [1.82, 2.24) is 14.9 Å². The first-order valence-electron chi connectivity index (χ1n) is 6.98. The Morgan fingerprint density at radius 2 is 2.17 bits per heavy atom. The highest BCUT2D eigenvalue weighted by Crippen LogP contribution is 2.32. The van der Waals surface area contributed by atoms with E-state index in [2.05, 4.69) is 17.2 Å². The Hall–Kier alpha value is -0.870. The van der Waals surface area contributed by atoms with Crippen molar-refractivity contribution in [2.45, 2.75) is 51.1 Å². The van der Waals surface area contributed by atoms with Crippen LogP contribution in [0.3, 0.4) is 0 Å². The molecule has 2 N–H and O–H groups in total. The molecular weight excluding hydrogens is 226 g/mol. The molecule has 1 aliphatic rings. The molecule has 1 saturated carbocycles. The van der Waals surface area contributed by atoms with Crippen molar-refractivity contribution >= 4 is 0 Å². The average Bonchev–Trinajstić information content (AvgIpc) is 2.83. The SMILES string of the molecule is Cn1ccnc1CN[C@](C)(CO)C1CCCCC1. The van der Waals surface area contributed by atoms with Gasteiger partial charge in [0.2, 0.25) is 0 Å². The molecule has 0 unspecified atom stereocenters. The summed E-state index contributed by atoms with van der Waals surface area (Å²) in [5.41, 5.74) is -0.174. The lowest BCUT2D eigenvalue weighted by Crippen LogP contribution is -2.52. The zero-order valence-corrected chi connectivity index (χ0v) is 11.5. The lowest BCUT2D eigenvalue weighted by atomic mass is 9.76. The van der Waals surface area contributed by atoms with Gasteiger partial charge in [-0.25, -0.2) is 4.98 Å². The van der Waals surface area contributed by atoms with E-state index in [0.717, 1.165) is 12.4 Å². The minimum atomic E-state index is -0.174. The Bertz CT molecular complexity index is 371. The van der Waals surface area contributed by atoms with Gasteiger partial charge in [0.15, 0.2) is 0 Å². The lowest BCUT2D eigenvalue weighted by molar-refractivity contribution is 0.0928. The van der Waals surface area contributed by atoms with Crippen LogP contribution in [0.1, 0.15) is 44.9 Å². The third kappa shape index (κ3) is 2.93. The van der Waals surface area contributed by atoms with Crippen molar-refractivity contribution in [3.05, 3.63) is 18.2 Å². The third-order valence-corrected chi connectivity index (χ3v) is 4.41. The molecule has 1 aromatic heterocycles. The van der Waals surface area contributed by atoms with Crippen molar-refractivity contribution in [1.29, 1.82) is 0 Å². The predicted octanol–water partition coefficient (Wildman–Crippen LogP) is 1.84. The second kappa shape index (κ2) is 5.85. The number of aliphatic hydroxyl groups is 1. The van der Waals surface area contributed by atoms with Crippen LogP contribution >= 0.6 is 0 Å². The minimum absolute atomic E-state index is 0.174. The number of aromatic nitrogens is 2. The molecule has 1 aromatic rings. The Kier molecular flexibility index (Phi) is 4.40. The average molecular weight is 251 g/mol. The second-order valence-corrected chi connectivity index (χ2v) is 5.72. The normalized spacial score (nSPS) is 20.8. The van der Waals surface area contributed by atoms with Crippen molar-refractivity contribution in [3.63, 3.8) is 0 Å². The smallest absolute Gasteiger partial charge is 0.122 e. The van der Waals surface area contributed by atoms with Gasteiger partial charge in [-0.05, 0) is 25.7 Å². The van der Waals surface area contributed by atoms with Gasteiger partial charge in [0.05, 0.1) is 13.2 Å². The van der Waals surface area contributed by atoms with Crippen LogP contribution in [0.2, 0.25) is 0 Å². The highest BCUT2D eigenvalue weighted by Gasteiger charge is 2.34. The largest absolute Gasteiger partial charge is 0.394 e. The Balaban J connectivity index is 1.96. The number of aliphatic hydroxyl groups excluding tert-OH is 1. The molecule has 0 aliphatic heterocycles. The maximum atomic E-state index is 9.75. The summed E-state index contributed by atoms with van der Waals surface area (Å²) in [5.74, 6) is 1.60. The fourth-order valence-corrected chi connectivity index (χ4v) is 2.92. The van der Waals surface area contributed by atoms with Crippen LogP contribution in [0.4, 0.5) is 0 Å². The summed E-state index contributed by atoms with van der Waals surface area (Å²) in [5, 5.41) is 13.3. The predicted molar refractivity (Wildman–Crippen MR) is 72.1 cm³/mol. The fourth-order valence-electron chi connectivity index (χ4n) is 2.92. The summed E-state index contributed by atoms with van der Waals surface area (Å²) >= 11 is 0. The van der Waals surface area contributed by atoms with Gasteiger partial charge in [0.25, 0.3) is 0 Å². The number of hydrogen-bond donors (Lipinski definition) is 2. The molecule has 0 spiro atoms. The van der Waals surface area contributed by atoms with Crippen LogP contribution in [-0.4, -0.2) is 26.8 Å². The number of nitrogens with zero attached hydrogens (tertiary/aromatic N) is 2. The van der Waals surface area contributed by atoms with Gasteiger partial charge in [0, 0.05) is 25.0 Å². The summed E-state index contributed by atoms with van der Waals surface area (Å²) in [4.78, 5) is 4.32. The maximum absolute atomic E-state index is 9.75. The van der Waals surface area contributed by atoms with E-state index >= 15 is 0 Å². The summed E-state index contributed by atoms with van der Waals surface area (Å²) in [7, 11) is 2.00. The van der Waals surface area contributed by atoms with E-state index in [1.807, 2.05) is 24.0 Å². The molecule has 0 saturated heterocycles. The molecule has 2 rings (SSSR count). The van der Waals surface area contributed by atoms with E-state index in [9.17, 15) is 5.11 Å². The Labute approximate surface area is 109 Å². The summed E-state index contributed by atoms with van der Waals surface area (Å²) in [6.45, 7) is 3.06. The van der Waals surface area contributed by atoms with E-state index in [0.29, 0.717) is 5.92 Å². The first-order chi connectivity index (χ1) is 8.65. The molecule has 0 bridgehead atoms. The van der Waals surface area contributed by atoms with Crippen molar-refractivity contribution in [2.24, 2.45) is 13.0 Å². The maximum Gasteiger partial charge on any atom is 0.122 e. The molecule has 102 valence electrons. The summed E-state index contributed by atoms with van der Waals surface area (Å²) in [6, 6.07) is 0. The van der Waals surface area contributed by atoms with Crippen LogP contribution in [0, 0.1) is 5.92 Å². The van der Waals surface area contributed by atoms with Crippen LogP contribution in [0.15, 0.2) is 12.4 Å². The number of nitrogens with one attached hydrogen (secondary N) is 1. The monoisotopic (exact) mass is 251 g/mol. The molecule has 4 heteroatoms. The molecule has 4 nitrogen and oxygen atoms in total. The van der Waals surface area contributed by atoms with Crippen LogP contribution in [0.5, 0.6) is 0 Å². The van der Waals surface area contributed by atoms with E-state index < -0.39 is 0 Å². The lowest BCUT2D eigenvalue weighted by Gasteiger charge is -2.39. The zero-order chi connectivity index (χ0) is 13.0. The quantitative estimate of drug-likeness (QED) is 0.839. The Morgan fingerprint density at radius 3 is 2.72 bits per heavy atom. The molecule has 18 heavy (non-hydrogen) atoms. The topological polar surface area (TPSA) is 50.1 Å². The summed E-state index contributed by atoms with van der Waals surface area (Å²) < 4.78 is 2.02. The highest BCUT2D eigenvalue weighted by molar-refractivity contribution is 4.96. The minimum Gasteiger partial charge on any atom is -0.394 e. The third-order valence-electron chi connectivity index (χ3n) is 4.41. The molecule has 0 aromatic carbocycles.